The highest BCUT2D eigenvalue weighted by atomic mass is 79.9. The van der Waals surface area contributed by atoms with Gasteiger partial charge in [0.05, 0.1) is 5.92 Å². The van der Waals surface area contributed by atoms with Crippen LogP contribution in [0, 0.1) is 11.7 Å². The zero-order valence-electron chi connectivity index (χ0n) is 11.1. The summed E-state index contributed by atoms with van der Waals surface area (Å²) in [5.74, 6) is -2.17. The van der Waals surface area contributed by atoms with E-state index in [0.29, 0.717) is 23.7 Å². The predicted octanol–water partition coefficient (Wildman–Crippen LogP) is 2.34. The fourth-order valence-corrected chi connectivity index (χ4v) is 2.67. The number of benzene rings is 1. The number of hydrogen-bond donors (Lipinski definition) is 2. The van der Waals surface area contributed by atoms with E-state index in [-0.39, 0.29) is 24.3 Å². The molecule has 0 radical (unpaired) electrons. The molecule has 2 rings (SSSR count). The van der Waals surface area contributed by atoms with E-state index in [1.807, 2.05) is 0 Å². The van der Waals surface area contributed by atoms with Crippen molar-refractivity contribution in [1.82, 2.24) is 5.32 Å². The Morgan fingerprint density at radius 1 is 1.43 bits per heavy atom. The van der Waals surface area contributed by atoms with E-state index in [0.717, 1.165) is 0 Å². The molecule has 1 aromatic carbocycles. The van der Waals surface area contributed by atoms with Crippen molar-refractivity contribution in [2.24, 2.45) is 5.92 Å². The van der Waals surface area contributed by atoms with Crippen LogP contribution in [0.3, 0.4) is 0 Å². The van der Waals surface area contributed by atoms with Crippen LogP contribution in [0.25, 0.3) is 0 Å². The Kier molecular flexibility index (Phi) is 5.17. The lowest BCUT2D eigenvalue weighted by Gasteiger charge is -2.13. The van der Waals surface area contributed by atoms with Crippen LogP contribution in [0.2, 0.25) is 0 Å². The van der Waals surface area contributed by atoms with Crippen molar-refractivity contribution < 1.29 is 23.8 Å². The summed E-state index contributed by atoms with van der Waals surface area (Å²) in [4.78, 5) is 22.5. The van der Waals surface area contributed by atoms with Gasteiger partial charge in [-0.05, 0) is 37.5 Å². The van der Waals surface area contributed by atoms with Crippen LogP contribution in [0.5, 0.6) is 5.75 Å². The molecule has 0 bridgehead atoms. The smallest absolute Gasteiger partial charge is 0.306 e. The highest BCUT2D eigenvalue weighted by Crippen LogP contribution is 2.25. The van der Waals surface area contributed by atoms with Gasteiger partial charge in [0.1, 0.15) is 0 Å². The van der Waals surface area contributed by atoms with Gasteiger partial charge in [-0.2, -0.15) is 0 Å². The van der Waals surface area contributed by atoms with Crippen LogP contribution in [0.4, 0.5) is 4.39 Å². The Bertz CT molecular complexity index is 552. The third-order valence-electron chi connectivity index (χ3n) is 3.40. The molecule has 0 spiro atoms. The number of ether oxygens (including phenoxy) is 1. The van der Waals surface area contributed by atoms with Crippen LogP contribution in [0.15, 0.2) is 22.7 Å². The molecular weight excluding hydrogens is 345 g/mol. The SMILES string of the molecule is O=C(COc1ccc(Br)cc1F)NC1CCC(C(=O)O)C1. The summed E-state index contributed by atoms with van der Waals surface area (Å²) in [6.45, 7) is -0.299. The Morgan fingerprint density at radius 2 is 2.19 bits per heavy atom. The molecule has 0 heterocycles. The fraction of sp³-hybridized carbons (Fsp3) is 0.429. The first-order valence-corrected chi connectivity index (χ1v) is 7.35. The number of carboxylic acid groups (broad SMARTS) is 1. The van der Waals surface area contributed by atoms with E-state index in [2.05, 4.69) is 21.2 Å². The molecule has 7 heteroatoms. The van der Waals surface area contributed by atoms with E-state index in [1.54, 1.807) is 6.07 Å². The second-order valence-corrected chi connectivity index (χ2v) is 5.89. The molecule has 1 aliphatic carbocycles. The average Bonchev–Trinajstić information content (AvgIpc) is 2.86. The minimum atomic E-state index is -0.833. The summed E-state index contributed by atoms with van der Waals surface area (Å²) in [5.41, 5.74) is 0. The summed E-state index contributed by atoms with van der Waals surface area (Å²) in [6, 6.07) is 4.15. The molecule has 0 aliphatic heterocycles. The lowest BCUT2D eigenvalue weighted by atomic mass is 10.1. The molecule has 1 fully saturated rings. The maximum absolute atomic E-state index is 13.5. The van der Waals surface area contributed by atoms with E-state index >= 15 is 0 Å². The minimum Gasteiger partial charge on any atom is -0.481 e. The monoisotopic (exact) mass is 359 g/mol. The first kappa shape index (κ1) is 15.8. The van der Waals surface area contributed by atoms with Gasteiger partial charge in [-0.3, -0.25) is 9.59 Å². The average molecular weight is 360 g/mol. The van der Waals surface area contributed by atoms with Gasteiger partial charge in [0.25, 0.3) is 5.91 Å². The summed E-state index contributed by atoms with van der Waals surface area (Å²) in [6.07, 6.45) is 1.62. The molecule has 2 atom stereocenters. The van der Waals surface area contributed by atoms with Crippen LogP contribution < -0.4 is 10.1 Å². The van der Waals surface area contributed by atoms with Gasteiger partial charge in [0, 0.05) is 10.5 Å². The van der Waals surface area contributed by atoms with E-state index in [1.165, 1.54) is 12.1 Å². The van der Waals surface area contributed by atoms with Crippen molar-refractivity contribution in [3.05, 3.63) is 28.5 Å². The van der Waals surface area contributed by atoms with Crippen LogP contribution in [-0.2, 0) is 9.59 Å². The molecule has 0 saturated heterocycles. The second kappa shape index (κ2) is 6.89. The highest BCUT2D eigenvalue weighted by Gasteiger charge is 2.30. The number of nitrogens with one attached hydrogen (secondary N) is 1. The van der Waals surface area contributed by atoms with Crippen molar-refractivity contribution in [2.45, 2.75) is 25.3 Å². The quantitative estimate of drug-likeness (QED) is 0.845. The van der Waals surface area contributed by atoms with Crippen LogP contribution >= 0.6 is 15.9 Å². The standard InChI is InChI=1S/C14H15BrFNO4/c15-9-2-4-12(11(16)6-9)21-7-13(18)17-10-3-1-8(5-10)14(19)20/h2,4,6,8,10H,1,3,5,7H2,(H,17,18)(H,19,20). The molecule has 0 aromatic heterocycles. The minimum absolute atomic E-state index is 0.00295. The molecule has 1 aliphatic rings. The first-order valence-electron chi connectivity index (χ1n) is 6.55. The lowest BCUT2D eigenvalue weighted by Crippen LogP contribution is -2.36. The molecule has 1 aromatic rings. The van der Waals surface area contributed by atoms with Gasteiger partial charge >= 0.3 is 5.97 Å². The molecule has 114 valence electrons. The van der Waals surface area contributed by atoms with Crippen LogP contribution in [-0.4, -0.2) is 29.6 Å². The largest absolute Gasteiger partial charge is 0.481 e. The topological polar surface area (TPSA) is 75.6 Å². The molecule has 1 saturated carbocycles. The van der Waals surface area contributed by atoms with Crippen molar-refractivity contribution >= 4 is 27.8 Å². The van der Waals surface area contributed by atoms with E-state index < -0.39 is 17.7 Å². The van der Waals surface area contributed by atoms with Gasteiger partial charge < -0.3 is 15.2 Å². The molecular formula is C14H15BrFNO4. The number of hydrogen-bond acceptors (Lipinski definition) is 3. The number of carbonyl (C=O) groups excluding carboxylic acids is 1. The Balaban J connectivity index is 1.79. The Hall–Kier alpha value is -1.63. The van der Waals surface area contributed by atoms with Crippen molar-refractivity contribution in [1.29, 1.82) is 0 Å². The number of carboxylic acids is 1. The maximum atomic E-state index is 13.5. The number of amides is 1. The molecule has 2 N–H and O–H groups in total. The zero-order chi connectivity index (χ0) is 15.4. The number of rotatable bonds is 5. The molecule has 2 unspecified atom stereocenters. The first-order chi connectivity index (χ1) is 9.95. The summed E-state index contributed by atoms with van der Waals surface area (Å²) in [5, 5.41) is 11.6. The Labute approximate surface area is 129 Å². The van der Waals surface area contributed by atoms with Crippen molar-refractivity contribution in [3.8, 4) is 5.75 Å². The third-order valence-corrected chi connectivity index (χ3v) is 3.89. The second-order valence-electron chi connectivity index (χ2n) is 4.98. The van der Waals surface area contributed by atoms with Crippen molar-refractivity contribution in [3.63, 3.8) is 0 Å². The molecule has 1 amide bonds. The van der Waals surface area contributed by atoms with Gasteiger partial charge in [-0.25, -0.2) is 4.39 Å². The van der Waals surface area contributed by atoms with Crippen molar-refractivity contribution in [2.75, 3.05) is 6.61 Å². The van der Waals surface area contributed by atoms with Crippen LogP contribution in [0.1, 0.15) is 19.3 Å². The Morgan fingerprint density at radius 3 is 2.81 bits per heavy atom. The zero-order valence-corrected chi connectivity index (χ0v) is 12.7. The van der Waals surface area contributed by atoms with Gasteiger partial charge in [-0.1, -0.05) is 15.9 Å². The molecule has 21 heavy (non-hydrogen) atoms. The summed E-state index contributed by atoms with van der Waals surface area (Å²) < 4.78 is 19.2. The fourth-order valence-electron chi connectivity index (χ4n) is 2.34. The van der Waals surface area contributed by atoms with E-state index in [4.69, 9.17) is 9.84 Å². The lowest BCUT2D eigenvalue weighted by molar-refractivity contribution is -0.141. The van der Waals surface area contributed by atoms with E-state index in [9.17, 15) is 14.0 Å². The maximum Gasteiger partial charge on any atom is 0.306 e. The summed E-state index contributed by atoms with van der Waals surface area (Å²) >= 11 is 3.13. The predicted molar refractivity (Wildman–Crippen MR) is 76.5 cm³/mol. The summed E-state index contributed by atoms with van der Waals surface area (Å²) in [7, 11) is 0. The number of aliphatic carboxylic acids is 1. The van der Waals surface area contributed by atoms with Gasteiger partial charge in [0.15, 0.2) is 18.2 Å². The normalized spacial score (nSPS) is 21.0. The van der Waals surface area contributed by atoms with Gasteiger partial charge in [0.2, 0.25) is 0 Å². The number of carbonyl (C=O) groups is 2. The molecule has 5 nitrogen and oxygen atoms in total. The van der Waals surface area contributed by atoms with Gasteiger partial charge in [-0.15, -0.1) is 0 Å². The third kappa shape index (κ3) is 4.42. The number of halogens is 2. The highest BCUT2D eigenvalue weighted by molar-refractivity contribution is 9.10.